The molecule has 1 saturated heterocycles. The van der Waals surface area contributed by atoms with Gasteiger partial charge >= 0.3 is 0 Å². The highest BCUT2D eigenvalue weighted by atomic mass is 35.5. The lowest BCUT2D eigenvalue weighted by atomic mass is 9.95. The number of hydrogen-bond donors (Lipinski definition) is 1. The Labute approximate surface area is 187 Å². The van der Waals surface area contributed by atoms with E-state index in [1.165, 1.54) is 10.4 Å². The fourth-order valence-electron chi connectivity index (χ4n) is 4.02. The molecule has 1 saturated carbocycles. The molecular formula is C22H24Cl2N2O3S. The van der Waals surface area contributed by atoms with Crippen molar-refractivity contribution >= 4 is 39.1 Å². The molecule has 0 unspecified atom stereocenters. The number of carbonyl (C=O) groups excluding carboxylic acids is 1. The molecular weight excluding hydrogens is 443 g/mol. The number of benzene rings is 2. The van der Waals surface area contributed by atoms with E-state index in [2.05, 4.69) is 5.32 Å². The first-order valence-electron chi connectivity index (χ1n) is 10.2. The van der Waals surface area contributed by atoms with E-state index >= 15 is 0 Å². The van der Waals surface area contributed by atoms with E-state index in [1.54, 1.807) is 12.1 Å². The highest BCUT2D eigenvalue weighted by Gasteiger charge is 2.37. The highest BCUT2D eigenvalue weighted by molar-refractivity contribution is 7.89. The van der Waals surface area contributed by atoms with Crippen LogP contribution in [0, 0.1) is 11.8 Å². The first-order chi connectivity index (χ1) is 14.4. The summed E-state index contributed by atoms with van der Waals surface area (Å²) in [6, 6.07) is 14.7. The van der Waals surface area contributed by atoms with Gasteiger partial charge in [-0.2, -0.15) is 4.31 Å². The summed E-state index contributed by atoms with van der Waals surface area (Å²) in [6.07, 6.45) is 3.21. The second-order valence-electron chi connectivity index (χ2n) is 7.96. The summed E-state index contributed by atoms with van der Waals surface area (Å²) >= 11 is 12.1. The molecule has 0 aromatic heterocycles. The Hall–Kier alpha value is -1.60. The minimum Gasteiger partial charge on any atom is -0.349 e. The number of hydrogen-bond acceptors (Lipinski definition) is 3. The van der Waals surface area contributed by atoms with Crippen molar-refractivity contribution in [3.8, 4) is 0 Å². The molecule has 5 nitrogen and oxygen atoms in total. The van der Waals surface area contributed by atoms with Crippen molar-refractivity contribution in [3.05, 3.63) is 64.1 Å². The minimum atomic E-state index is -3.75. The molecule has 30 heavy (non-hydrogen) atoms. The van der Waals surface area contributed by atoms with Crippen LogP contribution in [0.3, 0.4) is 0 Å². The molecule has 160 valence electrons. The summed E-state index contributed by atoms with van der Waals surface area (Å²) in [7, 11) is -3.75. The predicted octanol–water partition coefficient (Wildman–Crippen LogP) is 4.66. The third-order valence-electron chi connectivity index (χ3n) is 5.91. The SMILES string of the molecule is O=C(N[C@@H](c1ccccc1)C1CC1)C1CCN(S(=O)(=O)c2cccc(Cl)c2Cl)CC1. The molecule has 0 radical (unpaired) electrons. The number of nitrogens with one attached hydrogen (secondary N) is 1. The molecule has 1 N–H and O–H groups in total. The van der Waals surface area contributed by atoms with Crippen LogP contribution < -0.4 is 5.32 Å². The van der Waals surface area contributed by atoms with E-state index in [1.807, 2.05) is 30.3 Å². The number of carbonyl (C=O) groups is 1. The number of sulfonamides is 1. The Morgan fingerprint density at radius 1 is 0.967 bits per heavy atom. The Morgan fingerprint density at radius 3 is 2.27 bits per heavy atom. The van der Waals surface area contributed by atoms with Crippen LogP contribution >= 0.6 is 23.2 Å². The first-order valence-corrected chi connectivity index (χ1v) is 12.4. The smallest absolute Gasteiger partial charge is 0.244 e. The predicted molar refractivity (Wildman–Crippen MR) is 118 cm³/mol. The number of halogens is 2. The van der Waals surface area contributed by atoms with Gasteiger partial charge in [-0.25, -0.2) is 8.42 Å². The largest absolute Gasteiger partial charge is 0.349 e. The van der Waals surface area contributed by atoms with Crippen molar-refractivity contribution in [1.82, 2.24) is 9.62 Å². The molecule has 1 atom stereocenters. The molecule has 1 amide bonds. The van der Waals surface area contributed by atoms with Crippen molar-refractivity contribution in [3.63, 3.8) is 0 Å². The molecule has 1 aliphatic heterocycles. The van der Waals surface area contributed by atoms with E-state index in [-0.39, 0.29) is 45.9 Å². The number of rotatable bonds is 6. The number of piperidine rings is 1. The third kappa shape index (κ3) is 4.52. The maximum atomic E-state index is 13.0. The second kappa shape index (κ2) is 8.87. The van der Waals surface area contributed by atoms with Crippen LogP contribution in [0.15, 0.2) is 53.4 Å². The Bertz CT molecular complexity index is 1020. The van der Waals surface area contributed by atoms with Gasteiger partial charge in [0.2, 0.25) is 15.9 Å². The zero-order chi connectivity index (χ0) is 21.3. The minimum absolute atomic E-state index is 0.00795. The summed E-state index contributed by atoms with van der Waals surface area (Å²) in [5, 5.41) is 3.47. The van der Waals surface area contributed by atoms with Gasteiger partial charge in [0.1, 0.15) is 4.90 Å². The molecule has 2 aromatic carbocycles. The summed E-state index contributed by atoms with van der Waals surface area (Å²) in [5.74, 6) is 0.298. The van der Waals surface area contributed by atoms with E-state index in [0.29, 0.717) is 18.8 Å². The van der Waals surface area contributed by atoms with Crippen molar-refractivity contribution < 1.29 is 13.2 Å². The zero-order valence-electron chi connectivity index (χ0n) is 16.4. The lowest BCUT2D eigenvalue weighted by Gasteiger charge is -2.32. The van der Waals surface area contributed by atoms with Crippen LogP contribution in [-0.4, -0.2) is 31.7 Å². The average molecular weight is 467 g/mol. The van der Waals surface area contributed by atoms with Gasteiger partial charge in [0.05, 0.1) is 16.1 Å². The van der Waals surface area contributed by atoms with Gasteiger partial charge in [0, 0.05) is 19.0 Å². The van der Waals surface area contributed by atoms with E-state index in [4.69, 9.17) is 23.2 Å². The summed E-state index contributed by atoms with van der Waals surface area (Å²) < 4.78 is 27.4. The summed E-state index contributed by atoms with van der Waals surface area (Å²) in [6.45, 7) is 0.561. The lowest BCUT2D eigenvalue weighted by Crippen LogP contribution is -2.44. The van der Waals surface area contributed by atoms with Crippen LogP contribution in [0.2, 0.25) is 10.0 Å². The van der Waals surface area contributed by atoms with Crippen LogP contribution in [0.1, 0.15) is 37.3 Å². The van der Waals surface area contributed by atoms with Gasteiger partial charge in [-0.05, 0) is 49.3 Å². The van der Waals surface area contributed by atoms with Gasteiger partial charge < -0.3 is 5.32 Å². The topological polar surface area (TPSA) is 66.5 Å². The van der Waals surface area contributed by atoms with E-state index < -0.39 is 10.0 Å². The Balaban J connectivity index is 1.40. The van der Waals surface area contributed by atoms with Crippen molar-refractivity contribution in [2.75, 3.05) is 13.1 Å². The van der Waals surface area contributed by atoms with Gasteiger partial charge in [-0.15, -0.1) is 0 Å². The van der Waals surface area contributed by atoms with Crippen LogP contribution in [0.4, 0.5) is 0 Å². The fourth-order valence-corrected chi connectivity index (χ4v) is 6.22. The van der Waals surface area contributed by atoms with Crippen molar-refractivity contribution in [2.24, 2.45) is 11.8 Å². The standard InChI is InChI=1S/C22H24Cl2N2O3S/c23-18-7-4-8-19(20(18)24)30(28,29)26-13-11-17(12-14-26)22(27)25-21(16-9-10-16)15-5-2-1-3-6-15/h1-8,16-17,21H,9-14H2,(H,25,27)/t21-/m0/s1. The summed E-state index contributed by atoms with van der Waals surface area (Å²) in [5.41, 5.74) is 1.13. The average Bonchev–Trinajstić information content (AvgIpc) is 3.59. The number of nitrogens with zero attached hydrogens (tertiary/aromatic N) is 1. The Morgan fingerprint density at radius 2 is 1.63 bits per heavy atom. The van der Waals surface area contributed by atoms with E-state index in [0.717, 1.165) is 18.4 Å². The second-order valence-corrected chi connectivity index (χ2v) is 10.7. The molecule has 0 bridgehead atoms. The molecule has 8 heteroatoms. The number of amides is 1. The Kier molecular flexibility index (Phi) is 6.39. The maximum Gasteiger partial charge on any atom is 0.244 e. The first kappa shape index (κ1) is 21.6. The molecule has 0 spiro atoms. The maximum absolute atomic E-state index is 13.0. The molecule has 1 aliphatic carbocycles. The van der Waals surface area contributed by atoms with Crippen molar-refractivity contribution in [2.45, 2.75) is 36.6 Å². The quantitative estimate of drug-likeness (QED) is 0.672. The molecule has 2 aromatic rings. The third-order valence-corrected chi connectivity index (χ3v) is 8.78. The van der Waals surface area contributed by atoms with Crippen LogP contribution in [-0.2, 0) is 14.8 Å². The van der Waals surface area contributed by atoms with Gasteiger partial charge in [0.25, 0.3) is 0 Å². The van der Waals surface area contributed by atoms with Crippen LogP contribution in [0.5, 0.6) is 0 Å². The summed E-state index contributed by atoms with van der Waals surface area (Å²) in [4.78, 5) is 12.9. The fraction of sp³-hybridized carbons (Fsp3) is 0.409. The molecule has 4 rings (SSSR count). The zero-order valence-corrected chi connectivity index (χ0v) is 18.8. The van der Waals surface area contributed by atoms with Crippen molar-refractivity contribution in [1.29, 1.82) is 0 Å². The highest BCUT2D eigenvalue weighted by Crippen LogP contribution is 2.41. The molecule has 2 fully saturated rings. The van der Waals surface area contributed by atoms with Gasteiger partial charge in [-0.1, -0.05) is 59.6 Å². The van der Waals surface area contributed by atoms with Gasteiger partial charge in [0.15, 0.2) is 0 Å². The van der Waals surface area contributed by atoms with Crippen LogP contribution in [0.25, 0.3) is 0 Å². The van der Waals surface area contributed by atoms with E-state index in [9.17, 15) is 13.2 Å². The normalized spacial score (nSPS) is 19.4. The van der Waals surface area contributed by atoms with Gasteiger partial charge in [-0.3, -0.25) is 4.79 Å². The molecule has 1 heterocycles. The monoisotopic (exact) mass is 466 g/mol. The molecule has 2 aliphatic rings. The lowest BCUT2D eigenvalue weighted by molar-refractivity contribution is -0.127.